The van der Waals surface area contributed by atoms with Gasteiger partial charge >= 0.3 is 0 Å². The van der Waals surface area contributed by atoms with E-state index in [2.05, 4.69) is 23.9 Å². The predicted molar refractivity (Wildman–Crippen MR) is 70.1 cm³/mol. The van der Waals surface area contributed by atoms with Crippen molar-refractivity contribution in [3.63, 3.8) is 0 Å². The van der Waals surface area contributed by atoms with Crippen LogP contribution in [-0.2, 0) is 6.54 Å². The highest BCUT2D eigenvalue weighted by Crippen LogP contribution is 2.21. The SMILES string of the molecule is CN1CCC(N(C)Cc2ccccc2O)CC1. The highest BCUT2D eigenvalue weighted by atomic mass is 16.3. The number of aromatic hydroxyl groups is 1. The van der Waals surface area contributed by atoms with Gasteiger partial charge in [-0.2, -0.15) is 0 Å². The molecule has 1 saturated heterocycles. The number of likely N-dealkylation sites (tertiary alicyclic amines) is 1. The first-order chi connectivity index (χ1) is 8.16. The van der Waals surface area contributed by atoms with Crippen molar-refractivity contribution in [2.75, 3.05) is 27.2 Å². The molecule has 1 aromatic carbocycles. The van der Waals surface area contributed by atoms with Crippen LogP contribution < -0.4 is 0 Å². The van der Waals surface area contributed by atoms with Crippen LogP contribution in [0, 0.1) is 0 Å². The van der Waals surface area contributed by atoms with Crippen LogP contribution in [0.5, 0.6) is 5.75 Å². The lowest BCUT2D eigenvalue weighted by molar-refractivity contribution is 0.138. The van der Waals surface area contributed by atoms with E-state index in [1.807, 2.05) is 18.2 Å². The van der Waals surface area contributed by atoms with Gasteiger partial charge in [-0.3, -0.25) is 4.90 Å². The molecule has 1 heterocycles. The molecule has 0 unspecified atom stereocenters. The summed E-state index contributed by atoms with van der Waals surface area (Å²) in [5, 5.41) is 9.76. The van der Waals surface area contributed by atoms with E-state index in [0.717, 1.165) is 12.1 Å². The number of hydrogen-bond donors (Lipinski definition) is 1. The third-order valence-electron chi connectivity index (χ3n) is 3.72. The van der Waals surface area contributed by atoms with Crippen LogP contribution in [0.15, 0.2) is 24.3 Å². The molecule has 0 atom stereocenters. The Morgan fingerprint density at radius 3 is 2.59 bits per heavy atom. The number of para-hydroxylation sites is 1. The molecule has 1 fully saturated rings. The number of phenols is 1. The van der Waals surface area contributed by atoms with Crippen molar-refractivity contribution in [2.45, 2.75) is 25.4 Å². The van der Waals surface area contributed by atoms with Gasteiger partial charge in [0, 0.05) is 18.2 Å². The molecule has 2 rings (SSSR count). The largest absolute Gasteiger partial charge is 0.508 e. The minimum atomic E-state index is 0.410. The summed E-state index contributed by atoms with van der Waals surface area (Å²) in [4.78, 5) is 4.74. The standard InChI is InChI=1S/C14H22N2O/c1-15-9-7-13(8-10-15)16(2)11-12-5-3-4-6-14(12)17/h3-6,13,17H,7-11H2,1-2H3. The van der Waals surface area contributed by atoms with E-state index in [-0.39, 0.29) is 0 Å². The number of piperidine rings is 1. The summed E-state index contributed by atoms with van der Waals surface area (Å²) in [6.45, 7) is 3.19. The van der Waals surface area contributed by atoms with Crippen LogP contribution in [0.1, 0.15) is 18.4 Å². The molecule has 0 radical (unpaired) electrons. The Balaban J connectivity index is 1.93. The number of hydrogen-bond acceptors (Lipinski definition) is 3. The summed E-state index contributed by atoms with van der Waals surface area (Å²) in [6, 6.07) is 8.26. The Morgan fingerprint density at radius 2 is 1.94 bits per heavy atom. The zero-order chi connectivity index (χ0) is 12.3. The molecule has 1 N–H and O–H groups in total. The van der Waals surface area contributed by atoms with E-state index in [1.165, 1.54) is 25.9 Å². The summed E-state index contributed by atoms with van der Waals surface area (Å²) < 4.78 is 0. The van der Waals surface area contributed by atoms with Gasteiger partial charge in [-0.05, 0) is 46.1 Å². The van der Waals surface area contributed by atoms with Gasteiger partial charge in [-0.25, -0.2) is 0 Å². The van der Waals surface area contributed by atoms with Gasteiger partial charge in [0.25, 0.3) is 0 Å². The molecule has 94 valence electrons. The third-order valence-corrected chi connectivity index (χ3v) is 3.72. The van der Waals surface area contributed by atoms with Crippen molar-refractivity contribution in [3.05, 3.63) is 29.8 Å². The Morgan fingerprint density at radius 1 is 1.29 bits per heavy atom. The second-order valence-corrected chi connectivity index (χ2v) is 5.08. The van der Waals surface area contributed by atoms with Crippen LogP contribution in [0.3, 0.4) is 0 Å². The monoisotopic (exact) mass is 234 g/mol. The average molecular weight is 234 g/mol. The fourth-order valence-electron chi connectivity index (χ4n) is 2.48. The predicted octanol–water partition coefficient (Wildman–Crippen LogP) is 1.92. The van der Waals surface area contributed by atoms with Crippen molar-refractivity contribution in [1.29, 1.82) is 0 Å². The molecule has 0 amide bonds. The van der Waals surface area contributed by atoms with Crippen LogP contribution in [0.4, 0.5) is 0 Å². The van der Waals surface area contributed by atoms with Crippen molar-refractivity contribution in [2.24, 2.45) is 0 Å². The normalized spacial score (nSPS) is 18.8. The van der Waals surface area contributed by atoms with Gasteiger partial charge in [-0.1, -0.05) is 18.2 Å². The number of nitrogens with zero attached hydrogens (tertiary/aromatic N) is 2. The lowest BCUT2D eigenvalue weighted by Crippen LogP contribution is -2.41. The summed E-state index contributed by atoms with van der Waals surface area (Å²) in [6.07, 6.45) is 2.45. The Kier molecular flexibility index (Phi) is 4.02. The summed E-state index contributed by atoms with van der Waals surface area (Å²) in [5.41, 5.74) is 1.02. The maximum atomic E-state index is 9.76. The highest BCUT2D eigenvalue weighted by molar-refractivity contribution is 5.31. The van der Waals surface area contributed by atoms with Crippen molar-refractivity contribution in [1.82, 2.24) is 9.80 Å². The Labute approximate surface area is 104 Å². The van der Waals surface area contributed by atoms with Gasteiger partial charge in [0.1, 0.15) is 5.75 Å². The molecular weight excluding hydrogens is 212 g/mol. The Bertz CT molecular complexity index is 359. The maximum absolute atomic E-state index is 9.76. The highest BCUT2D eigenvalue weighted by Gasteiger charge is 2.20. The number of benzene rings is 1. The zero-order valence-electron chi connectivity index (χ0n) is 10.8. The maximum Gasteiger partial charge on any atom is 0.120 e. The third kappa shape index (κ3) is 3.20. The molecular formula is C14H22N2O. The molecule has 0 aliphatic carbocycles. The molecule has 3 heteroatoms. The van der Waals surface area contributed by atoms with Crippen LogP contribution in [0.25, 0.3) is 0 Å². The van der Waals surface area contributed by atoms with Gasteiger partial charge in [0.2, 0.25) is 0 Å². The molecule has 3 nitrogen and oxygen atoms in total. The van der Waals surface area contributed by atoms with Gasteiger partial charge in [-0.15, -0.1) is 0 Å². The van der Waals surface area contributed by atoms with E-state index >= 15 is 0 Å². The first-order valence-corrected chi connectivity index (χ1v) is 6.32. The smallest absolute Gasteiger partial charge is 0.120 e. The van der Waals surface area contributed by atoms with E-state index in [0.29, 0.717) is 11.8 Å². The van der Waals surface area contributed by atoms with Crippen LogP contribution >= 0.6 is 0 Å². The minimum Gasteiger partial charge on any atom is -0.508 e. The van der Waals surface area contributed by atoms with Crippen LogP contribution in [0.2, 0.25) is 0 Å². The summed E-state index contributed by atoms with van der Waals surface area (Å²) >= 11 is 0. The quantitative estimate of drug-likeness (QED) is 0.865. The zero-order valence-corrected chi connectivity index (χ0v) is 10.8. The fraction of sp³-hybridized carbons (Fsp3) is 0.571. The molecule has 0 saturated carbocycles. The van der Waals surface area contributed by atoms with Crippen molar-refractivity contribution < 1.29 is 5.11 Å². The van der Waals surface area contributed by atoms with Crippen LogP contribution in [-0.4, -0.2) is 48.1 Å². The van der Waals surface area contributed by atoms with E-state index in [4.69, 9.17) is 0 Å². The first kappa shape index (κ1) is 12.4. The first-order valence-electron chi connectivity index (χ1n) is 6.32. The molecule has 1 aliphatic heterocycles. The topological polar surface area (TPSA) is 26.7 Å². The lowest BCUT2D eigenvalue weighted by atomic mass is 10.0. The number of phenolic OH excluding ortho intramolecular Hbond substituents is 1. The average Bonchev–Trinajstić information content (AvgIpc) is 2.33. The van der Waals surface area contributed by atoms with E-state index in [1.54, 1.807) is 6.07 Å². The fourth-order valence-corrected chi connectivity index (χ4v) is 2.48. The van der Waals surface area contributed by atoms with E-state index in [9.17, 15) is 5.11 Å². The summed E-state index contributed by atoms with van der Waals surface area (Å²) in [5.74, 6) is 0.410. The van der Waals surface area contributed by atoms with Gasteiger partial charge < -0.3 is 10.0 Å². The van der Waals surface area contributed by atoms with Gasteiger partial charge in [0.05, 0.1) is 0 Å². The summed E-state index contributed by atoms with van der Waals surface area (Å²) in [7, 11) is 4.33. The van der Waals surface area contributed by atoms with Crippen molar-refractivity contribution >= 4 is 0 Å². The molecule has 1 aromatic rings. The molecule has 17 heavy (non-hydrogen) atoms. The minimum absolute atomic E-state index is 0.410. The lowest BCUT2D eigenvalue weighted by Gasteiger charge is -2.35. The molecule has 0 bridgehead atoms. The van der Waals surface area contributed by atoms with Gasteiger partial charge in [0.15, 0.2) is 0 Å². The molecule has 0 aromatic heterocycles. The molecule has 0 spiro atoms. The van der Waals surface area contributed by atoms with Crippen molar-refractivity contribution in [3.8, 4) is 5.75 Å². The second-order valence-electron chi connectivity index (χ2n) is 5.08. The van der Waals surface area contributed by atoms with E-state index < -0.39 is 0 Å². The number of rotatable bonds is 3. The Hall–Kier alpha value is -1.06. The molecule has 1 aliphatic rings. The second kappa shape index (κ2) is 5.52.